The Kier molecular flexibility index (Phi) is 10.5. The maximum Gasteiger partial charge on any atom is 0.493 e. The van der Waals surface area contributed by atoms with E-state index in [-0.39, 0.29) is 28.1 Å². The molecule has 11 nitrogen and oxygen atoms in total. The first-order valence-corrected chi connectivity index (χ1v) is 13.8. The van der Waals surface area contributed by atoms with Gasteiger partial charge in [0.05, 0.1) is 23.4 Å². The van der Waals surface area contributed by atoms with Gasteiger partial charge in [-0.3, -0.25) is 9.78 Å². The van der Waals surface area contributed by atoms with Crippen LogP contribution in [0.15, 0.2) is 48.9 Å². The summed E-state index contributed by atoms with van der Waals surface area (Å²) in [6.45, 7) is 3.55. The second-order valence-electron chi connectivity index (χ2n) is 8.62. The number of pyridine rings is 2. The normalized spacial score (nSPS) is 11.7. The molecule has 1 amide bonds. The Morgan fingerprint density at radius 3 is 2.43 bits per heavy atom. The topological polar surface area (TPSA) is 137 Å². The smallest absolute Gasteiger partial charge is 0.476 e. The van der Waals surface area contributed by atoms with E-state index in [0.717, 1.165) is 0 Å². The van der Waals surface area contributed by atoms with Crippen LogP contribution in [-0.4, -0.2) is 47.5 Å². The summed E-state index contributed by atoms with van der Waals surface area (Å²) in [5.74, 6) is -6.75. The molecule has 0 aliphatic rings. The van der Waals surface area contributed by atoms with Crippen molar-refractivity contribution in [3.8, 4) is 17.4 Å². The zero-order chi connectivity index (χ0) is 31.2. The molecule has 1 aromatic carbocycles. The number of benzene rings is 1. The van der Waals surface area contributed by atoms with Crippen LogP contribution in [0, 0.1) is 11.7 Å². The Bertz CT molecular complexity index is 1560. The second kappa shape index (κ2) is 13.5. The molecular weight excluding hydrogens is 635 g/mol. The first-order valence-electron chi connectivity index (χ1n) is 11.6. The quantitative estimate of drug-likeness (QED) is 0.230. The van der Waals surface area contributed by atoms with Gasteiger partial charge in [0.1, 0.15) is 22.3 Å². The molecule has 0 spiro atoms. The molecule has 1 N–H and O–H groups in total. The predicted molar refractivity (Wildman–Crippen MR) is 139 cm³/mol. The minimum absolute atomic E-state index is 0.0415. The van der Waals surface area contributed by atoms with Gasteiger partial charge in [-0.2, -0.15) is 26.3 Å². The van der Waals surface area contributed by atoms with Gasteiger partial charge in [-0.1, -0.05) is 43.1 Å². The lowest BCUT2D eigenvalue weighted by Gasteiger charge is -2.22. The number of hydrogen-bond acceptors (Lipinski definition) is 9. The van der Waals surface area contributed by atoms with E-state index < -0.39 is 61.4 Å². The molecule has 2 aromatic heterocycles. The number of hydrogen-bond donors (Lipinski definition) is 1. The van der Waals surface area contributed by atoms with E-state index in [1.165, 1.54) is 36.8 Å². The first-order chi connectivity index (χ1) is 19.6. The van der Waals surface area contributed by atoms with E-state index >= 15 is 4.39 Å². The van der Waals surface area contributed by atoms with Crippen LogP contribution in [0.4, 0.5) is 17.6 Å². The summed E-state index contributed by atoms with van der Waals surface area (Å²) in [7, 11) is -5.34. The van der Waals surface area contributed by atoms with Crippen molar-refractivity contribution in [3.63, 3.8) is 0 Å². The van der Waals surface area contributed by atoms with Gasteiger partial charge in [-0.15, -0.1) is 0 Å². The third-order valence-electron chi connectivity index (χ3n) is 4.78. The Hall–Kier alpha value is -3.73. The maximum atomic E-state index is 15.0. The minimum Gasteiger partial charge on any atom is -0.476 e. The molecule has 0 unspecified atom stereocenters. The van der Waals surface area contributed by atoms with Crippen LogP contribution < -0.4 is 14.2 Å². The minimum atomic E-state index is -5.71. The average Bonchev–Trinajstić information content (AvgIpc) is 2.91. The van der Waals surface area contributed by atoms with Crippen molar-refractivity contribution >= 4 is 45.3 Å². The van der Waals surface area contributed by atoms with Crippen molar-refractivity contribution in [3.05, 3.63) is 75.9 Å². The number of carbonyl (C=O) groups is 2. The van der Waals surface area contributed by atoms with Crippen LogP contribution in [0.2, 0.25) is 10.0 Å². The van der Waals surface area contributed by atoms with Gasteiger partial charge in [0.25, 0.3) is 0 Å². The summed E-state index contributed by atoms with van der Waals surface area (Å²) >= 11 is 12.2. The monoisotopic (exact) mass is 654 g/mol. The van der Waals surface area contributed by atoms with Crippen LogP contribution in [-0.2, 0) is 26.4 Å². The number of ether oxygens (including phenoxy) is 2. The third-order valence-corrected chi connectivity index (χ3v) is 6.53. The highest BCUT2D eigenvalue weighted by molar-refractivity contribution is 7.87. The standard InChI is InChI=1S/C24H20Cl2F4N4O7S/c1-13(2)12-39-21-18(26)6-15(11-32-21)40-20-8-19(27)16(7-17(20)25)22(35)34(41-23(36)24(28,29)30)42(37,38)33-10-14-4-3-5-31-9-14/h3-9,11,13,33H,10,12H2,1-2H3. The van der Waals surface area contributed by atoms with Gasteiger partial charge in [0.15, 0.2) is 0 Å². The number of nitrogens with zero attached hydrogens (tertiary/aromatic N) is 3. The van der Waals surface area contributed by atoms with Crippen molar-refractivity contribution < 1.29 is 49.9 Å². The Morgan fingerprint density at radius 2 is 1.83 bits per heavy atom. The Balaban J connectivity index is 1.89. The molecule has 0 bridgehead atoms. The van der Waals surface area contributed by atoms with E-state index in [0.29, 0.717) is 18.7 Å². The number of nitrogens with one attached hydrogen (secondary N) is 1. The van der Waals surface area contributed by atoms with Crippen LogP contribution in [0.1, 0.15) is 29.8 Å². The summed E-state index contributed by atoms with van der Waals surface area (Å²) in [5.41, 5.74) is -0.955. The SMILES string of the molecule is CC(C)COc1ncc(Oc2cc(F)c(C(=O)N(OC(=O)C(F)(F)F)S(=O)(=O)NCc3cccnc3)cc2Cl)cc1Cl. The van der Waals surface area contributed by atoms with Gasteiger partial charge < -0.3 is 14.3 Å². The van der Waals surface area contributed by atoms with E-state index in [1.54, 1.807) is 4.72 Å². The van der Waals surface area contributed by atoms with Crippen molar-refractivity contribution in [1.29, 1.82) is 0 Å². The zero-order valence-electron chi connectivity index (χ0n) is 21.5. The predicted octanol–water partition coefficient (Wildman–Crippen LogP) is 5.25. The van der Waals surface area contributed by atoms with E-state index in [9.17, 15) is 31.2 Å². The summed E-state index contributed by atoms with van der Waals surface area (Å²) in [6, 6.07) is 5.21. The molecule has 0 saturated heterocycles. The molecule has 0 radical (unpaired) electrons. The fourth-order valence-corrected chi connectivity index (χ4v) is 4.24. The number of carbonyl (C=O) groups excluding carboxylic acids is 2. The van der Waals surface area contributed by atoms with Crippen LogP contribution in [0.3, 0.4) is 0 Å². The highest BCUT2D eigenvalue weighted by atomic mass is 35.5. The second-order valence-corrected chi connectivity index (χ2v) is 11.0. The zero-order valence-corrected chi connectivity index (χ0v) is 23.8. The summed E-state index contributed by atoms with van der Waals surface area (Å²) < 4.78 is 90.9. The molecule has 226 valence electrons. The van der Waals surface area contributed by atoms with Crippen LogP contribution in [0.25, 0.3) is 0 Å². The lowest BCUT2D eigenvalue weighted by Crippen LogP contribution is -2.47. The van der Waals surface area contributed by atoms with Gasteiger partial charge in [-0.25, -0.2) is 14.2 Å². The molecule has 0 fully saturated rings. The Morgan fingerprint density at radius 1 is 1.12 bits per heavy atom. The molecule has 0 aliphatic carbocycles. The molecule has 2 heterocycles. The van der Waals surface area contributed by atoms with Gasteiger partial charge in [0.2, 0.25) is 5.88 Å². The number of aromatic nitrogens is 2. The molecule has 3 rings (SSSR count). The van der Waals surface area contributed by atoms with Crippen LogP contribution >= 0.6 is 23.2 Å². The van der Waals surface area contributed by atoms with Crippen molar-refractivity contribution in [2.45, 2.75) is 26.6 Å². The molecule has 3 aromatic rings. The number of amides is 1. The number of halogens is 6. The highest BCUT2D eigenvalue weighted by Gasteiger charge is 2.46. The van der Waals surface area contributed by atoms with E-state index in [1.807, 2.05) is 13.8 Å². The summed E-state index contributed by atoms with van der Waals surface area (Å²) in [6.07, 6.45) is -1.96. The lowest BCUT2D eigenvalue weighted by molar-refractivity contribution is -0.217. The number of rotatable bonds is 10. The fourth-order valence-electron chi connectivity index (χ4n) is 2.87. The van der Waals surface area contributed by atoms with Crippen LogP contribution in [0.5, 0.6) is 17.4 Å². The Labute approximate surface area is 246 Å². The molecule has 42 heavy (non-hydrogen) atoms. The van der Waals surface area contributed by atoms with Crippen molar-refractivity contribution in [2.75, 3.05) is 6.61 Å². The summed E-state index contributed by atoms with van der Waals surface area (Å²) in [4.78, 5) is 36.0. The van der Waals surface area contributed by atoms with Crippen molar-refractivity contribution in [1.82, 2.24) is 19.2 Å². The first kappa shape index (κ1) is 32.8. The average molecular weight is 655 g/mol. The largest absolute Gasteiger partial charge is 0.493 e. The fraction of sp³-hybridized carbons (Fsp3) is 0.250. The highest BCUT2D eigenvalue weighted by Crippen LogP contribution is 2.35. The molecule has 0 atom stereocenters. The number of hydroxylamine groups is 1. The summed E-state index contributed by atoms with van der Waals surface area (Å²) in [5, 5.41) is -0.443. The molecule has 0 aliphatic heterocycles. The molecule has 18 heteroatoms. The molecular formula is C24H20Cl2F4N4O7S. The lowest BCUT2D eigenvalue weighted by atomic mass is 10.2. The van der Waals surface area contributed by atoms with Gasteiger partial charge >= 0.3 is 28.3 Å². The van der Waals surface area contributed by atoms with E-state index in [4.69, 9.17) is 32.7 Å². The van der Waals surface area contributed by atoms with E-state index in [2.05, 4.69) is 14.8 Å². The van der Waals surface area contributed by atoms with Gasteiger partial charge in [0, 0.05) is 31.1 Å². The number of alkyl halides is 3. The molecule has 0 saturated carbocycles. The van der Waals surface area contributed by atoms with Crippen molar-refractivity contribution in [2.24, 2.45) is 5.92 Å². The maximum absolute atomic E-state index is 15.0. The third kappa shape index (κ3) is 8.64. The van der Waals surface area contributed by atoms with Gasteiger partial charge in [-0.05, 0) is 28.1 Å².